The zero-order chi connectivity index (χ0) is 35.6. The van der Waals surface area contributed by atoms with Gasteiger partial charge in [0, 0.05) is 49.9 Å². The molecule has 3 heterocycles. The van der Waals surface area contributed by atoms with Crippen LogP contribution in [-0.2, 0) is 0 Å². The van der Waals surface area contributed by atoms with E-state index in [0.717, 1.165) is 83.4 Å². The van der Waals surface area contributed by atoms with Crippen molar-refractivity contribution in [3.05, 3.63) is 194 Å². The number of nitrogens with zero attached hydrogens (tertiary/aromatic N) is 2. The van der Waals surface area contributed by atoms with Crippen LogP contribution in [0.3, 0.4) is 0 Å². The molecule has 0 bridgehead atoms. The molecule has 11 aromatic rings. The highest BCUT2D eigenvalue weighted by Crippen LogP contribution is 2.42. The molecule has 0 amide bonds. The number of anilines is 3. The number of hydrogen-bond donors (Lipinski definition) is 0. The highest BCUT2D eigenvalue weighted by atomic mass is 16.3. The molecule has 254 valence electrons. The van der Waals surface area contributed by atoms with Crippen LogP contribution in [0.5, 0.6) is 0 Å². The Balaban J connectivity index is 1.02. The second kappa shape index (κ2) is 12.1. The van der Waals surface area contributed by atoms with Crippen LogP contribution in [0.2, 0.25) is 0 Å². The van der Waals surface area contributed by atoms with Crippen molar-refractivity contribution >= 4 is 72.0 Å². The fourth-order valence-corrected chi connectivity index (χ4v) is 8.09. The van der Waals surface area contributed by atoms with E-state index < -0.39 is 0 Å². The van der Waals surface area contributed by atoms with E-state index in [0.29, 0.717) is 0 Å². The van der Waals surface area contributed by atoms with Gasteiger partial charge in [0.15, 0.2) is 0 Å². The summed E-state index contributed by atoms with van der Waals surface area (Å²) in [6.07, 6.45) is 0. The smallest absolute Gasteiger partial charge is 0.213 e. The van der Waals surface area contributed by atoms with Gasteiger partial charge in [-0.25, -0.2) is 0 Å². The number of hydrogen-bond acceptors (Lipinski definition) is 3. The average molecular weight is 693 g/mol. The summed E-state index contributed by atoms with van der Waals surface area (Å²) in [4.78, 5) is 2.31. The highest BCUT2D eigenvalue weighted by molar-refractivity contribution is 6.20. The minimum atomic E-state index is 0.855. The lowest BCUT2D eigenvalue weighted by atomic mass is 10.0. The minimum Gasteiger partial charge on any atom is -0.455 e. The van der Waals surface area contributed by atoms with E-state index in [2.05, 4.69) is 179 Å². The Morgan fingerprint density at radius 1 is 0.370 bits per heavy atom. The van der Waals surface area contributed by atoms with Gasteiger partial charge in [0.1, 0.15) is 16.7 Å². The summed E-state index contributed by atoms with van der Waals surface area (Å²) < 4.78 is 15.2. The van der Waals surface area contributed by atoms with Gasteiger partial charge in [-0.3, -0.25) is 4.57 Å². The molecule has 0 unspecified atom stereocenters. The Morgan fingerprint density at radius 2 is 0.907 bits per heavy atom. The normalized spacial score (nSPS) is 11.7. The molecular formula is C50H32N2O2. The van der Waals surface area contributed by atoms with Crippen molar-refractivity contribution in [3.63, 3.8) is 0 Å². The molecular weight excluding hydrogens is 661 g/mol. The number of fused-ring (bicyclic) bond motifs is 8. The summed E-state index contributed by atoms with van der Waals surface area (Å²) >= 11 is 0. The quantitative estimate of drug-likeness (QED) is 0.174. The second-order valence-corrected chi connectivity index (χ2v) is 13.7. The molecule has 0 saturated heterocycles. The molecule has 0 aliphatic heterocycles. The second-order valence-electron chi connectivity index (χ2n) is 13.7. The summed E-state index contributed by atoms with van der Waals surface area (Å²) in [5.41, 5.74) is 13.5. The summed E-state index contributed by atoms with van der Waals surface area (Å²) in [7, 11) is 0. The third-order valence-electron chi connectivity index (χ3n) is 10.6. The van der Waals surface area contributed by atoms with Crippen molar-refractivity contribution in [2.24, 2.45) is 0 Å². The summed E-state index contributed by atoms with van der Waals surface area (Å²) in [6, 6.07) is 68.4. The molecule has 0 aliphatic rings. The van der Waals surface area contributed by atoms with Crippen molar-refractivity contribution in [3.8, 4) is 27.9 Å². The standard InChI is InChI=1S/C50H32N2O2/c1-2-11-33(12-3-1)34-21-25-36(26-22-34)51(37-27-23-35(24-28-37)40-16-10-17-42-41-13-5-8-19-46(41)53-49(40)42)38-29-31-39(32-30-38)52-45-18-7-4-14-43(45)48-44-15-6-9-20-47(44)54-50(48)52/h1-32H. The van der Waals surface area contributed by atoms with Gasteiger partial charge < -0.3 is 13.7 Å². The zero-order valence-corrected chi connectivity index (χ0v) is 29.2. The molecule has 3 aromatic heterocycles. The van der Waals surface area contributed by atoms with Gasteiger partial charge in [0.2, 0.25) is 5.71 Å². The SMILES string of the molecule is c1ccc(-c2ccc(N(c3ccc(-c4cccc5c4oc4ccccc45)cc3)c3ccc(-n4c5ccccc5c5c6ccccc6oc54)cc3)cc2)cc1. The van der Waals surface area contributed by atoms with Crippen LogP contribution < -0.4 is 4.90 Å². The number of rotatable bonds is 6. The Morgan fingerprint density at radius 3 is 1.63 bits per heavy atom. The number of para-hydroxylation sites is 4. The van der Waals surface area contributed by atoms with Gasteiger partial charge >= 0.3 is 0 Å². The van der Waals surface area contributed by atoms with Crippen molar-refractivity contribution in [2.45, 2.75) is 0 Å². The molecule has 0 saturated carbocycles. The average Bonchev–Trinajstić information content (AvgIpc) is 3.91. The van der Waals surface area contributed by atoms with Gasteiger partial charge in [-0.15, -0.1) is 0 Å². The molecule has 0 radical (unpaired) electrons. The van der Waals surface area contributed by atoms with E-state index in [1.54, 1.807) is 0 Å². The Kier molecular flexibility index (Phi) is 6.82. The summed E-state index contributed by atoms with van der Waals surface area (Å²) in [5.74, 6) is 0. The number of aromatic nitrogens is 1. The predicted octanol–water partition coefficient (Wildman–Crippen LogP) is 14.2. The molecule has 0 aliphatic carbocycles. The maximum Gasteiger partial charge on any atom is 0.213 e. The molecule has 0 atom stereocenters. The first-order valence-electron chi connectivity index (χ1n) is 18.3. The molecule has 0 spiro atoms. The maximum absolute atomic E-state index is 6.52. The predicted molar refractivity (Wildman–Crippen MR) is 223 cm³/mol. The lowest BCUT2D eigenvalue weighted by molar-refractivity contribution is 0.645. The van der Waals surface area contributed by atoms with E-state index in [9.17, 15) is 0 Å². The van der Waals surface area contributed by atoms with Crippen molar-refractivity contribution in [1.82, 2.24) is 4.57 Å². The van der Waals surface area contributed by atoms with Crippen LogP contribution in [0.25, 0.3) is 82.9 Å². The molecule has 0 N–H and O–H groups in total. The van der Waals surface area contributed by atoms with E-state index in [1.165, 1.54) is 16.5 Å². The Labute approximate surface area is 311 Å². The first-order chi connectivity index (χ1) is 26.8. The van der Waals surface area contributed by atoms with Crippen molar-refractivity contribution in [1.29, 1.82) is 0 Å². The van der Waals surface area contributed by atoms with Gasteiger partial charge in [-0.05, 0) is 83.4 Å². The van der Waals surface area contributed by atoms with Gasteiger partial charge in [-0.1, -0.05) is 127 Å². The van der Waals surface area contributed by atoms with Gasteiger partial charge in [0.05, 0.1) is 10.9 Å². The topological polar surface area (TPSA) is 34.5 Å². The fourth-order valence-electron chi connectivity index (χ4n) is 8.09. The van der Waals surface area contributed by atoms with Gasteiger partial charge in [0.25, 0.3) is 0 Å². The lowest BCUT2D eigenvalue weighted by Gasteiger charge is -2.26. The van der Waals surface area contributed by atoms with Crippen LogP contribution in [0.15, 0.2) is 203 Å². The first kappa shape index (κ1) is 30.3. The molecule has 4 heteroatoms. The van der Waals surface area contributed by atoms with Crippen LogP contribution in [0.4, 0.5) is 17.1 Å². The van der Waals surface area contributed by atoms with E-state index >= 15 is 0 Å². The van der Waals surface area contributed by atoms with Crippen LogP contribution in [0, 0.1) is 0 Å². The van der Waals surface area contributed by atoms with Crippen LogP contribution in [-0.4, -0.2) is 4.57 Å². The number of benzene rings is 8. The van der Waals surface area contributed by atoms with Crippen LogP contribution >= 0.6 is 0 Å². The van der Waals surface area contributed by atoms with Crippen LogP contribution in [0.1, 0.15) is 0 Å². The van der Waals surface area contributed by atoms with E-state index in [-0.39, 0.29) is 0 Å². The van der Waals surface area contributed by atoms with E-state index in [1.807, 2.05) is 24.3 Å². The molecule has 0 fully saturated rings. The van der Waals surface area contributed by atoms with Crippen molar-refractivity contribution < 1.29 is 8.83 Å². The Hall–Kier alpha value is -7.30. The monoisotopic (exact) mass is 692 g/mol. The van der Waals surface area contributed by atoms with Gasteiger partial charge in [-0.2, -0.15) is 0 Å². The fraction of sp³-hybridized carbons (Fsp3) is 0. The highest BCUT2D eigenvalue weighted by Gasteiger charge is 2.20. The molecule has 8 aromatic carbocycles. The number of furan rings is 2. The third-order valence-corrected chi connectivity index (χ3v) is 10.6. The minimum absolute atomic E-state index is 0.855. The lowest BCUT2D eigenvalue weighted by Crippen LogP contribution is -2.10. The van der Waals surface area contributed by atoms with E-state index in [4.69, 9.17) is 8.83 Å². The molecule has 54 heavy (non-hydrogen) atoms. The Bertz CT molecular complexity index is 3130. The molecule has 11 rings (SSSR count). The maximum atomic E-state index is 6.52. The van der Waals surface area contributed by atoms with Crippen molar-refractivity contribution in [2.75, 3.05) is 4.90 Å². The first-order valence-corrected chi connectivity index (χ1v) is 18.3. The zero-order valence-electron chi connectivity index (χ0n) is 29.2. The largest absolute Gasteiger partial charge is 0.455 e. The molecule has 4 nitrogen and oxygen atoms in total. The third kappa shape index (κ3) is 4.78. The summed E-state index contributed by atoms with van der Waals surface area (Å²) in [5, 5.41) is 5.71. The summed E-state index contributed by atoms with van der Waals surface area (Å²) in [6.45, 7) is 0.